The van der Waals surface area contributed by atoms with Crippen molar-refractivity contribution in [2.75, 3.05) is 0 Å². The van der Waals surface area contributed by atoms with Gasteiger partial charge in [-0.3, -0.25) is 4.79 Å². The molecule has 1 aromatic rings. The first-order valence-electron chi connectivity index (χ1n) is 8.25. The van der Waals surface area contributed by atoms with Crippen LogP contribution in [0, 0.1) is 5.92 Å². The van der Waals surface area contributed by atoms with Crippen LogP contribution < -0.4 is 5.73 Å². The number of hydrogen-bond donors (Lipinski definition) is 1. The average molecular weight is 335 g/mol. The second-order valence-electron chi connectivity index (χ2n) is 6.89. The van der Waals surface area contributed by atoms with Crippen LogP contribution in [0.3, 0.4) is 0 Å². The molecule has 0 saturated heterocycles. The Morgan fingerprint density at radius 2 is 2.17 bits per heavy atom. The van der Waals surface area contributed by atoms with E-state index in [1.165, 1.54) is 0 Å². The van der Waals surface area contributed by atoms with Gasteiger partial charge in [0.15, 0.2) is 11.6 Å². The molecule has 1 saturated carbocycles. The van der Waals surface area contributed by atoms with Gasteiger partial charge >= 0.3 is 0 Å². The minimum Gasteiger partial charge on any atom is -0.468 e. The third-order valence-electron chi connectivity index (χ3n) is 4.63. The third kappa shape index (κ3) is 2.90. The molecule has 3 rings (SSSR count). The molecule has 124 valence electrons. The maximum Gasteiger partial charge on any atom is 0.205 e. The van der Waals surface area contributed by atoms with E-state index in [0.29, 0.717) is 23.3 Å². The quantitative estimate of drug-likeness (QED) is 0.917. The summed E-state index contributed by atoms with van der Waals surface area (Å²) in [4.78, 5) is 17.7. The summed E-state index contributed by atoms with van der Waals surface area (Å²) in [6, 6.07) is 7.17. The van der Waals surface area contributed by atoms with Crippen LogP contribution in [-0.4, -0.2) is 23.8 Å². The fourth-order valence-corrected chi connectivity index (χ4v) is 3.84. The van der Waals surface area contributed by atoms with E-state index in [1.807, 2.05) is 18.2 Å². The summed E-state index contributed by atoms with van der Waals surface area (Å²) in [5.74, 6) is 0.949. The molecule has 1 aliphatic heterocycles. The average Bonchev–Trinajstić information content (AvgIpc) is 2.47. The maximum absolute atomic E-state index is 12.9. The predicted octanol–water partition coefficient (Wildman–Crippen LogP) is 3.46. The number of hydrogen-bond acceptors (Lipinski definition) is 4. The topological polar surface area (TPSA) is 64.7 Å². The van der Waals surface area contributed by atoms with E-state index in [-0.39, 0.29) is 11.8 Å². The number of fused-ring (bicyclic) bond motifs is 2. The van der Waals surface area contributed by atoms with Gasteiger partial charge in [0.25, 0.3) is 0 Å². The number of rotatable bonds is 4. The first-order valence-corrected chi connectivity index (χ1v) is 8.63. The lowest BCUT2D eigenvalue weighted by Gasteiger charge is -2.42. The number of Topliss-reactive ketones (excluding diaryl/α,β-unsaturated/α-hetero) is 1. The van der Waals surface area contributed by atoms with Crippen LogP contribution in [-0.2, 0) is 15.1 Å². The summed E-state index contributed by atoms with van der Waals surface area (Å²) in [5.41, 5.74) is 6.12. The highest BCUT2D eigenvalue weighted by Crippen LogP contribution is 2.44. The Hall–Kier alpha value is -1.39. The van der Waals surface area contributed by atoms with Gasteiger partial charge < -0.3 is 10.5 Å². The Morgan fingerprint density at radius 3 is 2.87 bits per heavy atom. The highest BCUT2D eigenvalue weighted by atomic mass is 35.5. The minimum absolute atomic E-state index is 0.0114. The van der Waals surface area contributed by atoms with Crippen LogP contribution in [0.15, 0.2) is 29.3 Å². The zero-order valence-electron chi connectivity index (χ0n) is 13.6. The summed E-state index contributed by atoms with van der Waals surface area (Å²) >= 11 is 6.38. The summed E-state index contributed by atoms with van der Waals surface area (Å²) in [6.45, 7) is 4.22. The summed E-state index contributed by atoms with van der Waals surface area (Å²) in [5, 5.41) is 0.573. The van der Waals surface area contributed by atoms with Crippen molar-refractivity contribution in [3.05, 3.63) is 34.9 Å². The van der Waals surface area contributed by atoms with Crippen LogP contribution in [0.4, 0.5) is 0 Å². The van der Waals surface area contributed by atoms with Crippen molar-refractivity contribution in [2.24, 2.45) is 16.6 Å². The van der Waals surface area contributed by atoms with Crippen LogP contribution in [0.1, 0.15) is 45.1 Å². The van der Waals surface area contributed by atoms with Crippen LogP contribution in [0.5, 0.6) is 0 Å². The zero-order valence-corrected chi connectivity index (χ0v) is 14.3. The van der Waals surface area contributed by atoms with Crippen molar-refractivity contribution in [3.8, 4) is 0 Å². The van der Waals surface area contributed by atoms with E-state index in [4.69, 9.17) is 27.1 Å². The second kappa shape index (κ2) is 6.25. The number of nitrogens with two attached hydrogens (primary N) is 1. The lowest BCUT2D eigenvalue weighted by Crippen LogP contribution is -2.54. The first-order chi connectivity index (χ1) is 10.9. The number of nitrogens with zero attached hydrogens (tertiary/aromatic N) is 1. The molecule has 4 nitrogen and oxygen atoms in total. The van der Waals surface area contributed by atoms with Gasteiger partial charge in [-0.1, -0.05) is 43.6 Å². The molecule has 0 aromatic heterocycles. The SMILES string of the molecule is CC(C)CC(N)C1=N[C@]2(c3ccccc3Cl)CCC[C@H](O1)C2=O. The van der Waals surface area contributed by atoms with Gasteiger partial charge in [-0.25, -0.2) is 4.99 Å². The fraction of sp³-hybridized carbons (Fsp3) is 0.556. The molecule has 3 atom stereocenters. The van der Waals surface area contributed by atoms with E-state index < -0.39 is 11.6 Å². The number of carbonyl (C=O) groups excluding carboxylic acids is 1. The van der Waals surface area contributed by atoms with Crippen molar-refractivity contribution >= 4 is 23.3 Å². The fourth-order valence-electron chi connectivity index (χ4n) is 3.55. The number of ketones is 1. The molecular formula is C18H23ClN2O2. The van der Waals surface area contributed by atoms with E-state index in [9.17, 15) is 4.79 Å². The van der Waals surface area contributed by atoms with Gasteiger partial charge in [0.05, 0.1) is 6.04 Å². The first kappa shape index (κ1) is 16.5. The number of aliphatic imine (C=N–C) groups is 1. The molecule has 0 spiro atoms. The minimum atomic E-state index is -0.927. The summed E-state index contributed by atoms with van der Waals surface area (Å²) in [7, 11) is 0. The molecule has 23 heavy (non-hydrogen) atoms. The van der Waals surface area contributed by atoms with Crippen molar-refractivity contribution in [2.45, 2.75) is 57.2 Å². The molecule has 2 N–H and O–H groups in total. The van der Waals surface area contributed by atoms with Gasteiger partial charge in [-0.2, -0.15) is 0 Å². The lowest BCUT2D eigenvalue weighted by atomic mass is 9.73. The van der Waals surface area contributed by atoms with Crippen molar-refractivity contribution in [1.29, 1.82) is 0 Å². The van der Waals surface area contributed by atoms with Crippen LogP contribution in [0.2, 0.25) is 5.02 Å². The molecule has 1 aromatic carbocycles. The van der Waals surface area contributed by atoms with Gasteiger partial charge in [0, 0.05) is 10.6 Å². The molecule has 0 radical (unpaired) electrons. The Kier molecular flexibility index (Phi) is 4.47. The molecule has 1 unspecified atom stereocenters. The van der Waals surface area contributed by atoms with Gasteiger partial charge in [0.1, 0.15) is 0 Å². The lowest BCUT2D eigenvalue weighted by molar-refractivity contribution is -0.137. The number of ether oxygens (including phenoxy) is 1. The van der Waals surface area contributed by atoms with Crippen LogP contribution >= 0.6 is 11.6 Å². The monoisotopic (exact) mass is 334 g/mol. The Labute approximate surface area is 142 Å². The van der Waals surface area contributed by atoms with Gasteiger partial charge in [-0.05, 0) is 37.7 Å². The Balaban J connectivity index is 2.07. The molecule has 1 fully saturated rings. The smallest absolute Gasteiger partial charge is 0.205 e. The summed E-state index contributed by atoms with van der Waals surface area (Å²) in [6.07, 6.45) is 2.59. The largest absolute Gasteiger partial charge is 0.468 e. The standard InChI is InChI=1S/C18H23ClN2O2/c1-11(2)10-14(20)17-21-18(12-6-3-4-7-13(12)19)9-5-8-15(23-17)16(18)22/h3-4,6-7,11,14-15H,5,8-10,20H2,1-2H3/t14?,15-,18-/m0/s1. The van der Waals surface area contributed by atoms with E-state index >= 15 is 0 Å². The van der Waals surface area contributed by atoms with Crippen molar-refractivity contribution in [1.82, 2.24) is 0 Å². The van der Waals surface area contributed by atoms with E-state index in [0.717, 1.165) is 24.8 Å². The molecular weight excluding hydrogens is 312 g/mol. The Bertz CT molecular complexity index is 644. The Morgan fingerprint density at radius 1 is 1.43 bits per heavy atom. The molecule has 5 heteroatoms. The second-order valence-corrected chi connectivity index (χ2v) is 7.30. The van der Waals surface area contributed by atoms with Crippen molar-refractivity contribution < 1.29 is 9.53 Å². The van der Waals surface area contributed by atoms with E-state index in [1.54, 1.807) is 6.07 Å². The highest BCUT2D eigenvalue weighted by Gasteiger charge is 2.52. The highest BCUT2D eigenvalue weighted by molar-refractivity contribution is 6.32. The van der Waals surface area contributed by atoms with Crippen LogP contribution in [0.25, 0.3) is 0 Å². The normalized spacial score (nSPS) is 28.3. The zero-order chi connectivity index (χ0) is 16.6. The molecule has 1 aliphatic carbocycles. The number of halogens is 1. The molecule has 1 heterocycles. The van der Waals surface area contributed by atoms with E-state index in [2.05, 4.69) is 13.8 Å². The predicted molar refractivity (Wildman–Crippen MR) is 91.7 cm³/mol. The molecule has 0 amide bonds. The third-order valence-corrected chi connectivity index (χ3v) is 4.96. The van der Waals surface area contributed by atoms with Gasteiger partial charge in [0.2, 0.25) is 11.7 Å². The number of benzene rings is 1. The maximum atomic E-state index is 12.9. The molecule has 2 aliphatic rings. The number of carbonyl (C=O) groups is 1. The van der Waals surface area contributed by atoms with Crippen molar-refractivity contribution in [3.63, 3.8) is 0 Å². The summed E-state index contributed by atoms with van der Waals surface area (Å²) < 4.78 is 5.85. The molecule has 2 bridgehead atoms. The van der Waals surface area contributed by atoms with Gasteiger partial charge in [-0.15, -0.1) is 0 Å².